The van der Waals surface area contributed by atoms with Crippen molar-refractivity contribution < 1.29 is 4.42 Å². The Labute approximate surface area is 304 Å². The van der Waals surface area contributed by atoms with Crippen molar-refractivity contribution in [2.45, 2.75) is 6.54 Å². The summed E-state index contributed by atoms with van der Waals surface area (Å²) in [6.45, 7) is 0.408. The van der Waals surface area contributed by atoms with Crippen LogP contribution < -0.4 is 5.73 Å². The van der Waals surface area contributed by atoms with Crippen molar-refractivity contribution in [1.82, 2.24) is 14.1 Å². The molecule has 7 nitrogen and oxygen atoms in total. The molecule has 0 aliphatic heterocycles. The number of benzene rings is 7. The number of aliphatic imine (C=N–C) groups is 2. The Morgan fingerprint density at radius 1 is 0.604 bits per heavy atom. The first kappa shape index (κ1) is 30.6. The Hall–Kier alpha value is -7.25. The normalized spacial score (nSPS) is 12.5. The van der Waals surface area contributed by atoms with E-state index in [4.69, 9.17) is 25.1 Å². The molecule has 10 rings (SSSR count). The summed E-state index contributed by atoms with van der Waals surface area (Å²) in [5, 5.41) is 4.31. The fourth-order valence-electron chi connectivity index (χ4n) is 7.48. The maximum atomic E-state index is 6.82. The highest BCUT2D eigenvalue weighted by Gasteiger charge is 2.24. The third-order valence-corrected chi connectivity index (χ3v) is 9.87. The van der Waals surface area contributed by atoms with Crippen molar-refractivity contribution in [3.63, 3.8) is 0 Å². The monoisotopic (exact) mass is 684 g/mol. The van der Waals surface area contributed by atoms with Crippen molar-refractivity contribution in [2.24, 2.45) is 15.7 Å². The molecule has 0 spiro atoms. The third kappa shape index (κ3) is 5.09. The summed E-state index contributed by atoms with van der Waals surface area (Å²) < 4.78 is 10.9. The van der Waals surface area contributed by atoms with Gasteiger partial charge in [-0.25, -0.2) is 9.98 Å². The zero-order chi connectivity index (χ0) is 35.3. The Morgan fingerprint density at radius 3 is 1.94 bits per heavy atom. The predicted octanol–water partition coefficient (Wildman–Crippen LogP) is 10.5. The van der Waals surface area contributed by atoms with E-state index in [9.17, 15) is 0 Å². The largest absolute Gasteiger partial charge is 0.436 e. The molecule has 0 saturated carbocycles. The van der Waals surface area contributed by atoms with E-state index in [1.165, 1.54) is 10.8 Å². The molecule has 252 valence electrons. The van der Waals surface area contributed by atoms with Gasteiger partial charge in [0.2, 0.25) is 11.9 Å². The highest BCUT2D eigenvalue weighted by Crippen LogP contribution is 2.41. The molecule has 0 fully saturated rings. The van der Waals surface area contributed by atoms with Crippen LogP contribution in [0.3, 0.4) is 0 Å². The molecule has 0 atom stereocenters. The number of nitrogens with zero attached hydrogens (tertiary/aromatic N) is 5. The average molecular weight is 685 g/mol. The first-order valence-corrected chi connectivity index (χ1v) is 17.6. The molecule has 3 aromatic heterocycles. The number of oxazole rings is 1. The van der Waals surface area contributed by atoms with Gasteiger partial charge < -0.3 is 14.7 Å². The summed E-state index contributed by atoms with van der Waals surface area (Å²) in [7, 11) is 0. The van der Waals surface area contributed by atoms with Crippen LogP contribution in [0.4, 0.5) is 0 Å². The maximum Gasteiger partial charge on any atom is 0.232 e. The van der Waals surface area contributed by atoms with E-state index < -0.39 is 0 Å². The number of hydrogen-bond acceptors (Lipinski definition) is 3. The lowest BCUT2D eigenvalue weighted by Crippen LogP contribution is -2.20. The number of para-hydroxylation sites is 3. The molecule has 0 aliphatic rings. The number of rotatable bonds is 5. The van der Waals surface area contributed by atoms with Crippen LogP contribution in [0.15, 0.2) is 184 Å². The molecule has 3 heterocycles. The van der Waals surface area contributed by atoms with Crippen LogP contribution in [-0.2, 0) is 6.54 Å². The molecule has 53 heavy (non-hydrogen) atoms. The summed E-state index contributed by atoms with van der Waals surface area (Å²) in [6.07, 6.45) is 0. The van der Waals surface area contributed by atoms with Crippen LogP contribution in [0.5, 0.6) is 0 Å². The minimum atomic E-state index is 0.371. The van der Waals surface area contributed by atoms with Gasteiger partial charge in [0, 0.05) is 32.7 Å². The van der Waals surface area contributed by atoms with E-state index in [0.29, 0.717) is 29.8 Å². The first-order chi connectivity index (χ1) is 26.2. The molecule has 0 aliphatic carbocycles. The van der Waals surface area contributed by atoms with Gasteiger partial charge in [-0.05, 0) is 48.0 Å². The van der Waals surface area contributed by atoms with Gasteiger partial charge in [0.05, 0.1) is 34.3 Å². The van der Waals surface area contributed by atoms with E-state index in [2.05, 4.69) is 94.1 Å². The fourth-order valence-corrected chi connectivity index (χ4v) is 7.48. The van der Waals surface area contributed by atoms with Crippen molar-refractivity contribution >= 4 is 66.5 Å². The third-order valence-electron chi connectivity index (χ3n) is 9.87. The first-order valence-electron chi connectivity index (χ1n) is 17.6. The van der Waals surface area contributed by atoms with Gasteiger partial charge >= 0.3 is 0 Å². The molecular weight excluding hydrogens is 653 g/mol. The summed E-state index contributed by atoms with van der Waals surface area (Å²) in [5.74, 6) is 1.40. The van der Waals surface area contributed by atoms with Crippen molar-refractivity contribution in [3.8, 4) is 17.1 Å². The number of amidine groups is 1. The summed E-state index contributed by atoms with van der Waals surface area (Å²) >= 11 is 0. The van der Waals surface area contributed by atoms with Gasteiger partial charge in [-0.3, -0.25) is 4.57 Å². The molecule has 0 amide bonds. The quantitative estimate of drug-likeness (QED) is 0.145. The van der Waals surface area contributed by atoms with Crippen molar-refractivity contribution in [1.29, 1.82) is 0 Å². The van der Waals surface area contributed by atoms with Gasteiger partial charge in [-0.2, -0.15) is 4.99 Å². The molecule has 0 bridgehead atoms. The van der Waals surface area contributed by atoms with E-state index >= 15 is 0 Å². The molecule has 0 radical (unpaired) electrons. The van der Waals surface area contributed by atoms with E-state index in [1.807, 2.05) is 84.9 Å². The predicted molar refractivity (Wildman–Crippen MR) is 217 cm³/mol. The van der Waals surface area contributed by atoms with E-state index in [-0.39, 0.29) is 0 Å². The lowest BCUT2D eigenvalue weighted by atomic mass is 10.1. The smallest absolute Gasteiger partial charge is 0.232 e. The topological polar surface area (TPSA) is 86.6 Å². The lowest BCUT2D eigenvalue weighted by Gasteiger charge is -2.14. The second kappa shape index (κ2) is 12.5. The lowest BCUT2D eigenvalue weighted by molar-refractivity contribution is 0.620. The molecule has 0 unspecified atom stereocenters. The van der Waals surface area contributed by atoms with Crippen LogP contribution in [-0.4, -0.2) is 25.9 Å². The number of hydrogen-bond donors (Lipinski definition) is 1. The van der Waals surface area contributed by atoms with Gasteiger partial charge in [-0.1, -0.05) is 127 Å². The zero-order valence-corrected chi connectivity index (χ0v) is 28.6. The highest BCUT2D eigenvalue weighted by atomic mass is 16.3. The maximum absolute atomic E-state index is 6.82. The fraction of sp³-hybridized carbons (Fsp3) is 0.0217. The van der Waals surface area contributed by atoms with Crippen LogP contribution in [0.25, 0.3) is 71.9 Å². The van der Waals surface area contributed by atoms with Crippen molar-refractivity contribution in [3.05, 3.63) is 181 Å². The van der Waals surface area contributed by atoms with Crippen molar-refractivity contribution in [2.75, 3.05) is 0 Å². The molecule has 7 aromatic carbocycles. The van der Waals surface area contributed by atoms with Crippen LogP contribution in [0.1, 0.15) is 11.1 Å². The average Bonchev–Trinajstić information content (AvgIpc) is 3.91. The molecular formula is C46H32N6O. The van der Waals surface area contributed by atoms with Crippen LogP contribution in [0, 0.1) is 0 Å². The zero-order valence-electron chi connectivity index (χ0n) is 28.6. The SMILES string of the molecule is N/C(=N\C(=NCc1ccccc1)n1c2ccc3oc(-c4ccccc4)nc3c2c2cccc(-n3c4ccccc4c4ccccc43)c21)c1ccccc1. The van der Waals surface area contributed by atoms with E-state index in [1.54, 1.807) is 0 Å². The number of aromatic nitrogens is 3. The minimum Gasteiger partial charge on any atom is -0.436 e. The molecule has 0 saturated heterocycles. The Balaban J connectivity index is 1.34. The molecule has 7 heteroatoms. The highest BCUT2D eigenvalue weighted by molar-refractivity contribution is 6.25. The number of nitrogens with two attached hydrogens (primary N) is 1. The summed E-state index contributed by atoms with van der Waals surface area (Å²) in [4.78, 5) is 15.5. The summed E-state index contributed by atoms with van der Waals surface area (Å²) in [5.41, 5.74) is 16.1. The van der Waals surface area contributed by atoms with Crippen LogP contribution in [0.2, 0.25) is 0 Å². The van der Waals surface area contributed by atoms with Gasteiger partial charge in [-0.15, -0.1) is 0 Å². The Morgan fingerprint density at radius 2 is 1.23 bits per heavy atom. The van der Waals surface area contributed by atoms with Gasteiger partial charge in [0.15, 0.2) is 5.58 Å². The van der Waals surface area contributed by atoms with Gasteiger partial charge in [0.25, 0.3) is 0 Å². The standard InChI is InChI=1S/C46H32N6O/c47-44(31-17-6-2-7-18-31)50-46(48-29-30-15-4-1-5-16-30)52-38-27-28-40-42(49-45(53-40)32-19-8-3-9-20-32)41(38)35-23-14-26-39(43(35)52)51-36-24-12-10-21-33(36)34-22-11-13-25-37(34)51/h1-28H,29H2,(H2,47,48,50). The van der Waals surface area contributed by atoms with E-state index in [0.717, 1.165) is 60.7 Å². The van der Waals surface area contributed by atoms with Gasteiger partial charge in [0.1, 0.15) is 11.4 Å². The molecule has 10 aromatic rings. The number of fused-ring (bicyclic) bond motifs is 8. The Kier molecular flexibility index (Phi) is 7.21. The minimum absolute atomic E-state index is 0.371. The molecule has 2 N–H and O–H groups in total. The van der Waals surface area contributed by atoms with Crippen LogP contribution >= 0.6 is 0 Å². The Bertz CT molecular complexity index is 2970. The second-order valence-corrected chi connectivity index (χ2v) is 13.0. The summed E-state index contributed by atoms with van der Waals surface area (Å²) in [6, 6.07) is 57.7. The second-order valence-electron chi connectivity index (χ2n) is 13.0.